The number of hydrogen-bond acceptors (Lipinski definition) is 0. The second kappa shape index (κ2) is 20.0. The molecule has 5 aromatic rings. The summed E-state index contributed by atoms with van der Waals surface area (Å²) in [6.45, 7) is 38.5. The molecule has 0 saturated heterocycles. The van der Waals surface area contributed by atoms with Gasteiger partial charge in [-0.2, -0.15) is 52.1 Å². The fourth-order valence-electron chi connectivity index (χ4n) is 7.24. The van der Waals surface area contributed by atoms with E-state index in [4.69, 9.17) is 0 Å². The molecule has 58 heavy (non-hydrogen) atoms. The Morgan fingerprint density at radius 3 is 1.34 bits per heavy atom. The van der Waals surface area contributed by atoms with Crippen LogP contribution in [0.3, 0.4) is 0 Å². The Morgan fingerprint density at radius 1 is 0.534 bits per heavy atom. The van der Waals surface area contributed by atoms with Gasteiger partial charge in [-0.15, -0.1) is 5.56 Å². The molecule has 0 unspecified atom stereocenters. The van der Waals surface area contributed by atoms with E-state index in [9.17, 15) is 0 Å². The van der Waals surface area contributed by atoms with Crippen molar-refractivity contribution in [1.29, 1.82) is 0 Å². The van der Waals surface area contributed by atoms with E-state index in [-0.39, 0.29) is 46.5 Å². The number of aryl methyl sites for hydroxylation is 2. The van der Waals surface area contributed by atoms with E-state index in [1.165, 1.54) is 99.8 Å². The zero-order valence-corrected chi connectivity index (χ0v) is 43.0. The molecule has 0 fully saturated rings. The maximum atomic E-state index is 3.53. The molecule has 0 heterocycles. The van der Waals surface area contributed by atoms with Gasteiger partial charge in [-0.1, -0.05) is 129 Å². The summed E-state index contributed by atoms with van der Waals surface area (Å²) in [6, 6.07) is 37.9. The molecule has 0 atom stereocenters. The van der Waals surface area contributed by atoms with Gasteiger partial charge in [-0.05, 0) is 17.4 Å². The van der Waals surface area contributed by atoms with Crippen LogP contribution in [0.5, 0.6) is 0 Å². The van der Waals surface area contributed by atoms with Crippen LogP contribution in [0.1, 0.15) is 179 Å². The van der Waals surface area contributed by atoms with Crippen molar-refractivity contribution in [2.24, 2.45) is 0 Å². The van der Waals surface area contributed by atoms with Gasteiger partial charge in [0.15, 0.2) is 0 Å². The second-order valence-electron chi connectivity index (χ2n) is 21.1. The summed E-state index contributed by atoms with van der Waals surface area (Å²) in [4.78, 5) is 0. The van der Waals surface area contributed by atoms with Crippen LogP contribution in [0.4, 0.5) is 0 Å². The van der Waals surface area contributed by atoms with Crippen molar-refractivity contribution in [1.82, 2.24) is 0 Å². The first-order chi connectivity index (χ1) is 25.7. The van der Waals surface area contributed by atoms with E-state index < -0.39 is 0 Å². The molecule has 0 amide bonds. The van der Waals surface area contributed by atoms with Gasteiger partial charge in [0.2, 0.25) is 0 Å². The molecule has 0 aliphatic heterocycles. The van der Waals surface area contributed by atoms with E-state index in [1.807, 2.05) is 0 Å². The molecule has 312 valence electrons. The van der Waals surface area contributed by atoms with Gasteiger partial charge in [0, 0.05) is 0 Å². The van der Waals surface area contributed by atoms with Gasteiger partial charge in [-0.25, -0.2) is 6.07 Å². The number of benzene rings is 4. The van der Waals surface area contributed by atoms with Crippen molar-refractivity contribution < 1.29 is 49.0 Å². The van der Waals surface area contributed by atoms with Crippen LogP contribution >= 0.6 is 0 Å². The minimum absolute atomic E-state index is 0. The van der Waals surface area contributed by atoms with E-state index in [1.54, 1.807) is 0 Å². The molecule has 1 aliphatic rings. The summed E-state index contributed by atoms with van der Waals surface area (Å²) in [6.07, 6.45) is 3.34. The number of hydrogen-bond donors (Lipinski definition) is 0. The molecule has 5 aromatic carbocycles. The molecular formula is C55H72Cl2Zr-2. The molecule has 0 bridgehead atoms. The summed E-state index contributed by atoms with van der Waals surface area (Å²) in [7, 11) is 0. The average Bonchev–Trinajstić information content (AvgIpc) is 3.72. The predicted molar refractivity (Wildman–Crippen MR) is 244 cm³/mol. The monoisotopic (exact) mass is 892 g/mol. The topological polar surface area (TPSA) is 0 Å². The SMILES string of the molecule is CC(C)(C)c1c[c-]c2c(c1)-c1cc(C(C)(C)C)ccc1C2.CC(C)(C)c1ccc([C](=[Zr+2])c2ccc(C(C)(C)C)cc2)cc1.CCc1cc(C(C)(C)C)c(CC)[cH-]1.[Cl-].[Cl-]. The van der Waals surface area contributed by atoms with Crippen LogP contribution in [-0.4, -0.2) is 3.21 Å². The summed E-state index contributed by atoms with van der Waals surface area (Å²) < 4.78 is 1.42. The molecule has 0 spiro atoms. The molecule has 0 N–H and O–H groups in total. The molecule has 6 rings (SSSR count). The van der Waals surface area contributed by atoms with Crippen LogP contribution in [0.2, 0.25) is 0 Å². The van der Waals surface area contributed by atoms with Crippen molar-refractivity contribution in [3.8, 4) is 11.1 Å². The fraction of sp³-hybridized carbons (Fsp3) is 0.455. The van der Waals surface area contributed by atoms with Crippen LogP contribution in [0, 0.1) is 6.07 Å². The first kappa shape index (κ1) is 51.7. The largest absolute Gasteiger partial charge is 1.00 e. The number of rotatable bonds is 4. The number of halogens is 2. The zero-order chi connectivity index (χ0) is 42.0. The van der Waals surface area contributed by atoms with Gasteiger partial charge in [0.25, 0.3) is 0 Å². The molecular weight excluding hydrogens is 823 g/mol. The molecule has 1 aliphatic carbocycles. The first-order valence-electron chi connectivity index (χ1n) is 21.0. The molecule has 0 aromatic heterocycles. The third-order valence-electron chi connectivity index (χ3n) is 11.2. The third kappa shape index (κ3) is 13.3. The summed E-state index contributed by atoms with van der Waals surface area (Å²) in [5, 5.41) is 0. The predicted octanol–water partition coefficient (Wildman–Crippen LogP) is 8.89. The first-order valence-corrected chi connectivity index (χ1v) is 22.2. The number of fused-ring (bicyclic) bond motifs is 3. The van der Waals surface area contributed by atoms with Crippen LogP contribution in [0.15, 0.2) is 91.0 Å². The third-order valence-corrected chi connectivity index (χ3v) is 12.7. The van der Waals surface area contributed by atoms with Crippen molar-refractivity contribution in [3.05, 3.63) is 158 Å². The summed E-state index contributed by atoms with van der Waals surface area (Å²) >= 11 is 1.46. The average molecular weight is 895 g/mol. The van der Waals surface area contributed by atoms with Gasteiger partial charge >= 0.3 is 151 Å². The summed E-state index contributed by atoms with van der Waals surface area (Å²) in [5.74, 6) is 0. The van der Waals surface area contributed by atoms with E-state index >= 15 is 0 Å². The minimum atomic E-state index is 0. The Hall–Kier alpha value is -2.44. The van der Waals surface area contributed by atoms with Gasteiger partial charge < -0.3 is 24.8 Å². The maximum Gasteiger partial charge on any atom is -0.0540 e. The fourth-order valence-corrected chi connectivity index (χ4v) is 8.06. The maximum absolute atomic E-state index is 3.53. The Labute approximate surface area is 383 Å². The summed E-state index contributed by atoms with van der Waals surface area (Å²) in [5.41, 5.74) is 19.5. The Balaban J connectivity index is 0.000000305. The van der Waals surface area contributed by atoms with Crippen molar-refractivity contribution in [2.45, 2.75) is 164 Å². The van der Waals surface area contributed by atoms with Crippen LogP contribution in [-0.2, 0) is 70.6 Å². The zero-order valence-electron chi connectivity index (χ0n) is 39.0. The van der Waals surface area contributed by atoms with Gasteiger partial charge in [-0.3, -0.25) is 0 Å². The molecule has 0 saturated carbocycles. The quantitative estimate of drug-likeness (QED) is 0.155. The van der Waals surface area contributed by atoms with Crippen molar-refractivity contribution in [2.75, 3.05) is 0 Å². The Kier molecular flexibility index (Phi) is 17.8. The molecule has 0 nitrogen and oxygen atoms in total. The van der Waals surface area contributed by atoms with E-state index in [2.05, 4.69) is 215 Å². The van der Waals surface area contributed by atoms with E-state index in [0.717, 1.165) is 19.3 Å². The van der Waals surface area contributed by atoms with Crippen LogP contribution in [0.25, 0.3) is 11.1 Å². The van der Waals surface area contributed by atoms with Crippen molar-refractivity contribution in [3.63, 3.8) is 0 Å². The molecule has 0 radical (unpaired) electrons. The standard InChI is InChI=1S/C21H25.C21H26.C13H21.2ClH.Zr/c1-20(2,3)16-9-7-14-11-15-8-10-17(21(4,5)6)13-19(15)18(14)12-16;1-20(2,3)18-11-7-16(8-12-18)15-17-9-13-19(14-10-17)21(4,5)6;1-6-10-8-11(7-2)12(9-10)13(3,4)5;;;/h7,9-10,12-13H,11H2,1-6H3;7-14H,1-6H3;8-9H,6-7H2,1-5H3;2*1H;/q-1;;-1;;;+2/p-2. The van der Waals surface area contributed by atoms with E-state index in [0.29, 0.717) is 5.41 Å². The van der Waals surface area contributed by atoms with Gasteiger partial charge in [0.05, 0.1) is 0 Å². The normalized spacial score (nSPS) is 12.5. The van der Waals surface area contributed by atoms with Crippen molar-refractivity contribution >= 4 is 3.21 Å². The minimum Gasteiger partial charge on any atom is -1.00 e. The molecule has 3 heteroatoms. The Bertz CT molecular complexity index is 1970. The van der Waals surface area contributed by atoms with Gasteiger partial charge in [0.1, 0.15) is 0 Å². The van der Waals surface area contributed by atoms with Crippen LogP contribution < -0.4 is 24.8 Å². The smallest absolute Gasteiger partial charge is 0.0540 e. The Morgan fingerprint density at radius 2 is 0.966 bits per heavy atom. The second-order valence-corrected chi connectivity index (χ2v) is 22.3.